The molecule has 0 fully saturated rings. The maximum Gasteiger partial charge on any atom is 0.433 e. The number of fused-ring (bicyclic) bond motifs is 3. The third kappa shape index (κ3) is 2.15. The minimum Gasteiger partial charge on any atom is -0.243 e. The third-order valence-electron chi connectivity index (χ3n) is 3.01. The van der Waals surface area contributed by atoms with E-state index in [1.54, 1.807) is 18.2 Å². The summed E-state index contributed by atoms with van der Waals surface area (Å²) < 4.78 is 39.3. The molecular formula is C14H6BrClF3N. The lowest BCUT2D eigenvalue weighted by molar-refractivity contribution is -0.140. The summed E-state index contributed by atoms with van der Waals surface area (Å²) in [5, 5.41) is 1.95. The maximum atomic E-state index is 12.8. The summed E-state index contributed by atoms with van der Waals surface area (Å²) in [4.78, 5) is 3.75. The maximum absolute atomic E-state index is 12.8. The van der Waals surface area contributed by atoms with Crippen molar-refractivity contribution in [3.05, 3.63) is 51.6 Å². The Labute approximate surface area is 125 Å². The summed E-state index contributed by atoms with van der Waals surface area (Å²) in [6.45, 7) is 0. The van der Waals surface area contributed by atoms with Gasteiger partial charge in [-0.25, -0.2) is 4.98 Å². The van der Waals surface area contributed by atoms with Crippen molar-refractivity contribution in [2.45, 2.75) is 6.18 Å². The predicted octanol–water partition coefficient (Wildman–Crippen LogP) is 5.82. The van der Waals surface area contributed by atoms with Crippen LogP contribution >= 0.6 is 27.5 Å². The molecule has 1 aromatic heterocycles. The zero-order valence-electron chi connectivity index (χ0n) is 9.80. The highest BCUT2D eigenvalue weighted by molar-refractivity contribution is 9.10. The Morgan fingerprint density at radius 3 is 2.30 bits per heavy atom. The molecule has 2 aromatic carbocycles. The number of pyridine rings is 1. The largest absolute Gasteiger partial charge is 0.433 e. The number of rotatable bonds is 0. The van der Waals surface area contributed by atoms with Crippen LogP contribution in [0.3, 0.4) is 0 Å². The quantitative estimate of drug-likeness (QED) is 0.460. The molecule has 0 saturated heterocycles. The van der Waals surface area contributed by atoms with Gasteiger partial charge in [0.15, 0.2) is 0 Å². The molecule has 0 radical (unpaired) electrons. The van der Waals surface area contributed by atoms with Gasteiger partial charge < -0.3 is 0 Å². The lowest BCUT2D eigenvalue weighted by atomic mass is 10.1. The summed E-state index contributed by atoms with van der Waals surface area (Å²) in [6.07, 6.45) is -4.52. The molecule has 0 unspecified atom stereocenters. The smallest absolute Gasteiger partial charge is 0.243 e. The number of aromatic nitrogens is 1. The molecule has 0 amide bonds. The van der Waals surface area contributed by atoms with E-state index < -0.39 is 11.9 Å². The van der Waals surface area contributed by atoms with E-state index in [0.29, 0.717) is 10.8 Å². The van der Waals surface area contributed by atoms with Crippen LogP contribution in [0.15, 0.2) is 40.9 Å². The second-order valence-corrected chi connectivity index (χ2v) is 5.55. The van der Waals surface area contributed by atoms with Gasteiger partial charge in [0.2, 0.25) is 0 Å². The molecule has 1 nitrogen and oxygen atoms in total. The van der Waals surface area contributed by atoms with E-state index in [1.807, 2.05) is 12.1 Å². The lowest BCUT2D eigenvalue weighted by Gasteiger charge is -2.11. The van der Waals surface area contributed by atoms with Crippen LogP contribution in [0.2, 0.25) is 5.02 Å². The van der Waals surface area contributed by atoms with Crippen LogP contribution in [0.5, 0.6) is 0 Å². The molecule has 0 saturated carbocycles. The van der Waals surface area contributed by atoms with Crippen molar-refractivity contribution in [3.8, 4) is 0 Å². The molecule has 1 heterocycles. The number of nitrogens with zero attached hydrogens (tertiary/aromatic N) is 1. The first-order chi connectivity index (χ1) is 9.38. The Bertz CT molecular complexity index is 830. The highest BCUT2D eigenvalue weighted by Crippen LogP contribution is 2.37. The molecule has 0 spiro atoms. The Kier molecular flexibility index (Phi) is 3.14. The van der Waals surface area contributed by atoms with Crippen molar-refractivity contribution in [2.75, 3.05) is 0 Å². The Morgan fingerprint density at radius 1 is 1.00 bits per heavy atom. The summed E-state index contributed by atoms with van der Waals surface area (Å²) in [7, 11) is 0. The van der Waals surface area contributed by atoms with Gasteiger partial charge in [0.1, 0.15) is 5.69 Å². The summed E-state index contributed by atoms with van der Waals surface area (Å²) in [5.74, 6) is 0. The molecule has 102 valence electrons. The van der Waals surface area contributed by atoms with Crippen molar-refractivity contribution in [2.24, 2.45) is 0 Å². The first-order valence-electron chi connectivity index (χ1n) is 5.62. The molecule has 3 aromatic rings. The van der Waals surface area contributed by atoms with Crippen molar-refractivity contribution in [1.82, 2.24) is 4.98 Å². The highest BCUT2D eigenvalue weighted by Gasteiger charge is 2.33. The Balaban J connectivity index is 2.51. The van der Waals surface area contributed by atoms with E-state index in [9.17, 15) is 13.2 Å². The van der Waals surface area contributed by atoms with Crippen LogP contribution in [0.4, 0.5) is 13.2 Å². The van der Waals surface area contributed by atoms with Crippen LogP contribution in [-0.2, 0) is 6.18 Å². The van der Waals surface area contributed by atoms with E-state index >= 15 is 0 Å². The second kappa shape index (κ2) is 4.60. The zero-order valence-corrected chi connectivity index (χ0v) is 12.1. The van der Waals surface area contributed by atoms with Gasteiger partial charge >= 0.3 is 6.18 Å². The first kappa shape index (κ1) is 13.6. The van der Waals surface area contributed by atoms with E-state index in [1.165, 1.54) is 0 Å². The van der Waals surface area contributed by atoms with Crippen LogP contribution < -0.4 is 0 Å². The van der Waals surface area contributed by atoms with Gasteiger partial charge in [-0.2, -0.15) is 13.2 Å². The van der Waals surface area contributed by atoms with Gasteiger partial charge in [-0.3, -0.25) is 0 Å². The number of benzene rings is 2. The topological polar surface area (TPSA) is 12.9 Å². The molecule has 6 heteroatoms. The Hall–Kier alpha value is -1.33. The fourth-order valence-corrected chi connectivity index (χ4v) is 2.94. The first-order valence-corrected chi connectivity index (χ1v) is 6.80. The van der Waals surface area contributed by atoms with Gasteiger partial charge in [-0.15, -0.1) is 0 Å². The summed E-state index contributed by atoms with van der Waals surface area (Å²) in [6, 6.07) is 9.65. The van der Waals surface area contributed by atoms with Gasteiger partial charge in [0.25, 0.3) is 0 Å². The number of alkyl halides is 3. The zero-order chi connectivity index (χ0) is 14.5. The second-order valence-electron chi connectivity index (χ2n) is 4.29. The van der Waals surface area contributed by atoms with E-state index in [4.69, 9.17) is 11.6 Å². The molecule has 0 bridgehead atoms. The molecular weight excluding hydrogens is 355 g/mol. The molecule has 0 N–H and O–H groups in total. The van der Waals surface area contributed by atoms with Gasteiger partial charge in [0, 0.05) is 15.2 Å². The average Bonchev–Trinajstić information content (AvgIpc) is 2.39. The van der Waals surface area contributed by atoms with Gasteiger partial charge in [-0.1, -0.05) is 51.8 Å². The molecule has 0 aliphatic carbocycles. The Morgan fingerprint density at radius 2 is 1.65 bits per heavy atom. The fourth-order valence-electron chi connectivity index (χ4n) is 2.11. The fraction of sp³-hybridized carbons (Fsp3) is 0.0714. The van der Waals surface area contributed by atoms with Crippen LogP contribution in [0, 0.1) is 0 Å². The molecule has 3 rings (SSSR count). The van der Waals surface area contributed by atoms with Gasteiger partial charge in [-0.05, 0) is 17.5 Å². The minimum absolute atomic E-state index is 0.0359. The number of hydrogen-bond donors (Lipinski definition) is 0. The molecule has 20 heavy (non-hydrogen) atoms. The van der Waals surface area contributed by atoms with Crippen LogP contribution in [0.1, 0.15) is 5.69 Å². The van der Waals surface area contributed by atoms with E-state index in [2.05, 4.69) is 20.9 Å². The van der Waals surface area contributed by atoms with Crippen LogP contribution in [0.25, 0.3) is 21.7 Å². The van der Waals surface area contributed by atoms with Crippen molar-refractivity contribution in [1.29, 1.82) is 0 Å². The normalized spacial score (nSPS) is 12.2. The highest BCUT2D eigenvalue weighted by atomic mass is 79.9. The van der Waals surface area contributed by atoms with Crippen molar-refractivity contribution >= 4 is 49.2 Å². The van der Waals surface area contributed by atoms with E-state index in [0.717, 1.165) is 15.9 Å². The lowest BCUT2D eigenvalue weighted by Crippen LogP contribution is -2.08. The molecule has 0 aliphatic rings. The SMILES string of the molecule is FC(F)(F)c1cc(Cl)c2cc(Br)c3ccccc3c2n1. The van der Waals surface area contributed by atoms with Gasteiger partial charge in [0.05, 0.1) is 10.5 Å². The average molecular weight is 361 g/mol. The molecule has 0 atom stereocenters. The minimum atomic E-state index is -4.52. The van der Waals surface area contributed by atoms with Crippen molar-refractivity contribution in [3.63, 3.8) is 0 Å². The number of halogens is 5. The standard InChI is InChI=1S/C14H6BrClF3N/c15-10-5-9-11(16)6-12(14(17,18)19)20-13(9)8-4-2-1-3-7(8)10/h1-6H. The monoisotopic (exact) mass is 359 g/mol. The van der Waals surface area contributed by atoms with Crippen molar-refractivity contribution < 1.29 is 13.2 Å². The number of hydrogen-bond acceptors (Lipinski definition) is 1. The third-order valence-corrected chi connectivity index (χ3v) is 3.98. The predicted molar refractivity (Wildman–Crippen MR) is 77.0 cm³/mol. The van der Waals surface area contributed by atoms with Crippen LogP contribution in [-0.4, -0.2) is 4.98 Å². The van der Waals surface area contributed by atoms with E-state index in [-0.39, 0.29) is 10.5 Å². The summed E-state index contributed by atoms with van der Waals surface area (Å²) in [5.41, 5.74) is -0.730. The molecule has 0 aliphatic heterocycles. The summed E-state index contributed by atoms with van der Waals surface area (Å²) >= 11 is 9.38.